The molecule has 0 fully saturated rings. The van der Waals surface area contributed by atoms with Gasteiger partial charge in [-0.3, -0.25) is 4.79 Å². The minimum atomic E-state index is -0.448. The molecule has 5 aromatic carbocycles. The number of carbonyl (C=O) groups is 2. The van der Waals surface area contributed by atoms with E-state index in [-0.39, 0.29) is 11.9 Å². The van der Waals surface area contributed by atoms with Crippen molar-refractivity contribution in [1.82, 2.24) is 9.80 Å². The van der Waals surface area contributed by atoms with Crippen molar-refractivity contribution in [2.75, 3.05) is 62.5 Å². The number of rotatable bonds is 14. The highest BCUT2D eigenvalue weighted by atomic mass is 16.5. The van der Waals surface area contributed by atoms with Gasteiger partial charge in [0.25, 0.3) is 5.91 Å². The molecule has 4 N–H and O–H groups in total. The van der Waals surface area contributed by atoms with Crippen LogP contribution in [0.2, 0.25) is 0 Å². The lowest BCUT2D eigenvalue weighted by Crippen LogP contribution is -2.40. The Balaban J connectivity index is 1.45. The third kappa shape index (κ3) is 9.64. The summed E-state index contributed by atoms with van der Waals surface area (Å²) in [5.74, 6) is 0.391. The van der Waals surface area contributed by atoms with E-state index in [2.05, 4.69) is 21.6 Å². The SMILES string of the molecule is CN(C)CCCN(C(=O)Nc1cccc(OCc2ccccc2)c1)C(c1ccc(C(=O)Nc2ccccc2N)cc1)c1cccc(N(C)C)c1. The van der Waals surface area contributed by atoms with Crippen molar-refractivity contribution in [1.29, 1.82) is 0 Å². The van der Waals surface area contributed by atoms with Gasteiger partial charge in [0, 0.05) is 43.6 Å². The zero-order valence-electron chi connectivity index (χ0n) is 29.2. The maximum atomic E-state index is 14.4. The average molecular weight is 671 g/mol. The summed E-state index contributed by atoms with van der Waals surface area (Å²) in [6.07, 6.45) is 0.753. The lowest BCUT2D eigenvalue weighted by atomic mass is 9.95. The Morgan fingerprint density at radius 3 is 2.16 bits per heavy atom. The van der Waals surface area contributed by atoms with E-state index in [4.69, 9.17) is 10.5 Å². The van der Waals surface area contributed by atoms with E-state index in [1.165, 1.54) is 0 Å². The first-order valence-electron chi connectivity index (χ1n) is 16.7. The summed E-state index contributed by atoms with van der Waals surface area (Å²) < 4.78 is 6.05. The van der Waals surface area contributed by atoms with Crippen LogP contribution in [0.3, 0.4) is 0 Å². The number of para-hydroxylation sites is 2. The number of amides is 3. The number of hydrogen-bond donors (Lipinski definition) is 3. The summed E-state index contributed by atoms with van der Waals surface area (Å²) in [5.41, 5.74) is 12.1. The lowest BCUT2D eigenvalue weighted by molar-refractivity contribution is 0.102. The molecular weight excluding hydrogens is 624 g/mol. The molecule has 9 heteroatoms. The molecule has 0 aliphatic heterocycles. The quantitative estimate of drug-likeness (QED) is 0.105. The number of hydrogen-bond acceptors (Lipinski definition) is 6. The summed E-state index contributed by atoms with van der Waals surface area (Å²) in [7, 11) is 8.04. The van der Waals surface area contributed by atoms with E-state index < -0.39 is 6.04 Å². The second kappa shape index (κ2) is 17.0. The summed E-state index contributed by atoms with van der Waals surface area (Å²) in [5, 5.41) is 6.04. The van der Waals surface area contributed by atoms with Crippen LogP contribution >= 0.6 is 0 Å². The van der Waals surface area contributed by atoms with Crippen LogP contribution in [-0.2, 0) is 6.61 Å². The molecule has 0 radical (unpaired) electrons. The molecule has 0 bridgehead atoms. The van der Waals surface area contributed by atoms with Crippen LogP contribution in [0.4, 0.5) is 27.5 Å². The van der Waals surface area contributed by atoms with Gasteiger partial charge in [-0.15, -0.1) is 0 Å². The number of nitrogen functional groups attached to an aromatic ring is 1. The van der Waals surface area contributed by atoms with Gasteiger partial charge in [-0.2, -0.15) is 0 Å². The fraction of sp³-hybridized carbons (Fsp3) is 0.220. The van der Waals surface area contributed by atoms with Crippen LogP contribution in [0, 0.1) is 0 Å². The Labute approximate surface area is 295 Å². The predicted molar refractivity (Wildman–Crippen MR) is 204 cm³/mol. The summed E-state index contributed by atoms with van der Waals surface area (Å²) in [6, 6.07) is 39.5. The van der Waals surface area contributed by atoms with Crippen molar-refractivity contribution in [3.05, 3.63) is 150 Å². The zero-order chi connectivity index (χ0) is 35.5. The first-order chi connectivity index (χ1) is 24.2. The van der Waals surface area contributed by atoms with E-state index in [0.29, 0.717) is 41.5 Å². The molecule has 5 aromatic rings. The molecular formula is C41H46N6O3. The Bertz CT molecular complexity index is 1860. The third-order valence-corrected chi connectivity index (χ3v) is 8.31. The van der Waals surface area contributed by atoms with Crippen LogP contribution in [0.25, 0.3) is 0 Å². The molecule has 50 heavy (non-hydrogen) atoms. The van der Waals surface area contributed by atoms with Gasteiger partial charge < -0.3 is 35.8 Å². The summed E-state index contributed by atoms with van der Waals surface area (Å²) >= 11 is 0. The van der Waals surface area contributed by atoms with Crippen molar-refractivity contribution in [3.63, 3.8) is 0 Å². The van der Waals surface area contributed by atoms with Crippen molar-refractivity contribution >= 4 is 34.7 Å². The fourth-order valence-corrected chi connectivity index (χ4v) is 5.65. The first-order valence-corrected chi connectivity index (χ1v) is 16.7. The fourth-order valence-electron chi connectivity index (χ4n) is 5.65. The Morgan fingerprint density at radius 1 is 0.720 bits per heavy atom. The third-order valence-electron chi connectivity index (χ3n) is 8.31. The molecule has 9 nitrogen and oxygen atoms in total. The van der Waals surface area contributed by atoms with Gasteiger partial charge >= 0.3 is 6.03 Å². The molecule has 0 spiro atoms. The minimum absolute atomic E-state index is 0.245. The summed E-state index contributed by atoms with van der Waals surface area (Å²) in [4.78, 5) is 33.6. The van der Waals surface area contributed by atoms with Gasteiger partial charge in [0.1, 0.15) is 12.4 Å². The molecule has 0 saturated carbocycles. The number of nitrogens with two attached hydrogens (primary N) is 1. The second-order valence-electron chi connectivity index (χ2n) is 12.6. The largest absolute Gasteiger partial charge is 0.489 e. The highest BCUT2D eigenvalue weighted by Crippen LogP contribution is 2.33. The van der Waals surface area contributed by atoms with Crippen LogP contribution < -0.4 is 26.0 Å². The number of benzene rings is 5. The summed E-state index contributed by atoms with van der Waals surface area (Å²) in [6.45, 7) is 1.71. The van der Waals surface area contributed by atoms with E-state index >= 15 is 0 Å². The van der Waals surface area contributed by atoms with Gasteiger partial charge in [-0.1, -0.05) is 72.8 Å². The first kappa shape index (κ1) is 35.5. The Hall–Kier alpha value is -5.80. The van der Waals surface area contributed by atoms with Crippen LogP contribution in [0.1, 0.15) is 39.5 Å². The second-order valence-corrected chi connectivity index (χ2v) is 12.6. The van der Waals surface area contributed by atoms with Crippen LogP contribution in [0.5, 0.6) is 5.75 Å². The van der Waals surface area contributed by atoms with Gasteiger partial charge in [-0.25, -0.2) is 4.79 Å². The molecule has 258 valence electrons. The van der Waals surface area contributed by atoms with Crippen molar-refractivity contribution in [3.8, 4) is 5.75 Å². The van der Waals surface area contributed by atoms with E-state index in [1.54, 1.807) is 24.3 Å². The molecule has 5 rings (SSSR count). The van der Waals surface area contributed by atoms with E-state index in [1.807, 2.05) is 135 Å². The van der Waals surface area contributed by atoms with Crippen LogP contribution in [0.15, 0.2) is 127 Å². The van der Waals surface area contributed by atoms with Crippen molar-refractivity contribution in [2.45, 2.75) is 19.1 Å². The molecule has 0 aromatic heterocycles. The number of nitrogens with one attached hydrogen (secondary N) is 2. The maximum absolute atomic E-state index is 14.4. The number of anilines is 4. The monoisotopic (exact) mass is 670 g/mol. The minimum Gasteiger partial charge on any atom is -0.489 e. The van der Waals surface area contributed by atoms with Gasteiger partial charge in [0.2, 0.25) is 0 Å². The molecule has 0 saturated heterocycles. The number of nitrogens with zero attached hydrogens (tertiary/aromatic N) is 3. The molecule has 1 unspecified atom stereocenters. The molecule has 3 amide bonds. The number of ether oxygens (including phenoxy) is 1. The maximum Gasteiger partial charge on any atom is 0.322 e. The highest BCUT2D eigenvalue weighted by Gasteiger charge is 2.28. The normalized spacial score (nSPS) is 11.5. The molecule has 1 atom stereocenters. The zero-order valence-corrected chi connectivity index (χ0v) is 29.2. The van der Waals surface area contributed by atoms with Gasteiger partial charge in [0.15, 0.2) is 0 Å². The van der Waals surface area contributed by atoms with Gasteiger partial charge in [-0.05, 0) is 92.3 Å². The van der Waals surface area contributed by atoms with E-state index in [0.717, 1.165) is 35.3 Å². The molecule has 0 aliphatic rings. The van der Waals surface area contributed by atoms with Crippen LogP contribution in [-0.4, -0.2) is 63.0 Å². The molecule has 0 heterocycles. The topological polar surface area (TPSA) is 103 Å². The Morgan fingerprint density at radius 2 is 1.44 bits per heavy atom. The number of carbonyl (C=O) groups excluding carboxylic acids is 2. The lowest BCUT2D eigenvalue weighted by Gasteiger charge is -2.34. The number of urea groups is 1. The average Bonchev–Trinajstić information content (AvgIpc) is 3.12. The highest BCUT2D eigenvalue weighted by molar-refractivity contribution is 6.05. The standard InChI is InChI=1S/C41H46N6O3/c1-45(2)25-12-26-47(41(49)43-34-16-11-18-36(28-34)50-29-30-13-6-5-7-14-30)39(33-15-10-17-35(27-33)46(3)4)31-21-23-32(24-22-31)40(48)44-38-20-9-8-19-37(38)42/h5-11,13-24,27-28,39H,12,25-26,29,42H2,1-4H3,(H,43,49)(H,44,48). The smallest absolute Gasteiger partial charge is 0.322 e. The van der Waals surface area contributed by atoms with E-state index in [9.17, 15) is 9.59 Å². The predicted octanol–water partition coefficient (Wildman–Crippen LogP) is 7.74. The van der Waals surface area contributed by atoms with Crippen molar-refractivity contribution in [2.24, 2.45) is 0 Å². The molecule has 0 aliphatic carbocycles. The van der Waals surface area contributed by atoms with Gasteiger partial charge in [0.05, 0.1) is 17.4 Å². The van der Waals surface area contributed by atoms with Crippen molar-refractivity contribution < 1.29 is 14.3 Å². The Kier molecular flexibility index (Phi) is 12.1.